The fraction of sp³-hybridized carbons (Fsp3) is 0.636. The molecule has 1 N–H and O–H groups in total. The van der Waals surface area contributed by atoms with Gasteiger partial charge in [0.1, 0.15) is 0 Å². The second-order valence-electron chi connectivity index (χ2n) is 4.01. The highest BCUT2D eigenvalue weighted by molar-refractivity contribution is 9.10. The Balaban J connectivity index is 1.89. The van der Waals surface area contributed by atoms with E-state index in [1.54, 1.807) is 13.3 Å². The second-order valence-corrected chi connectivity index (χ2v) is 4.87. The van der Waals surface area contributed by atoms with Crippen LogP contribution in [-0.4, -0.2) is 36.8 Å². The lowest BCUT2D eigenvalue weighted by molar-refractivity contribution is 0.199. The number of ether oxygens (including phenoxy) is 2. The number of nitrogens with zero attached hydrogens (tertiary/aromatic N) is 2. The van der Waals surface area contributed by atoms with E-state index in [1.165, 1.54) is 0 Å². The summed E-state index contributed by atoms with van der Waals surface area (Å²) in [4.78, 5) is 8.25. The lowest BCUT2D eigenvalue weighted by atomic mass is 9.99. The molecule has 0 atom stereocenters. The van der Waals surface area contributed by atoms with Crippen molar-refractivity contribution in [3.63, 3.8) is 0 Å². The molecule has 2 rings (SSSR count). The molecule has 0 spiro atoms. The Kier molecular flexibility index (Phi) is 4.56. The van der Waals surface area contributed by atoms with Crippen molar-refractivity contribution in [2.24, 2.45) is 5.92 Å². The molecule has 17 heavy (non-hydrogen) atoms. The topological polar surface area (TPSA) is 56.3 Å². The highest BCUT2D eigenvalue weighted by atomic mass is 79.9. The minimum Gasteiger partial charge on any atom is -0.480 e. The van der Waals surface area contributed by atoms with Crippen molar-refractivity contribution in [3.05, 3.63) is 10.7 Å². The lowest BCUT2D eigenvalue weighted by Gasteiger charge is -2.22. The highest BCUT2D eigenvalue weighted by Gasteiger charge is 2.14. The van der Waals surface area contributed by atoms with Crippen LogP contribution in [0.3, 0.4) is 0 Å². The molecule has 1 aromatic rings. The van der Waals surface area contributed by atoms with E-state index in [4.69, 9.17) is 9.47 Å². The molecule has 0 saturated carbocycles. The molecule has 0 bridgehead atoms. The Morgan fingerprint density at radius 1 is 1.47 bits per heavy atom. The van der Waals surface area contributed by atoms with E-state index in [0.29, 0.717) is 24.4 Å². The Morgan fingerprint density at radius 2 is 2.24 bits per heavy atom. The standard InChI is InChI=1S/C11H16BrN3O2/c1-16-10-9(12)6-14-11(15-10)17-7-8-2-4-13-5-3-8/h6,8,13H,2-5,7H2,1H3. The van der Waals surface area contributed by atoms with Gasteiger partial charge in [0, 0.05) is 0 Å². The summed E-state index contributed by atoms with van der Waals surface area (Å²) in [5, 5.41) is 3.33. The van der Waals surface area contributed by atoms with Crippen LogP contribution >= 0.6 is 15.9 Å². The summed E-state index contributed by atoms with van der Waals surface area (Å²) in [6.07, 6.45) is 3.94. The zero-order valence-corrected chi connectivity index (χ0v) is 11.4. The zero-order valence-electron chi connectivity index (χ0n) is 9.78. The van der Waals surface area contributed by atoms with Crippen molar-refractivity contribution >= 4 is 15.9 Å². The van der Waals surface area contributed by atoms with Crippen molar-refractivity contribution in [1.82, 2.24) is 15.3 Å². The molecule has 2 heterocycles. The van der Waals surface area contributed by atoms with Gasteiger partial charge in [0.15, 0.2) is 0 Å². The number of halogens is 1. The van der Waals surface area contributed by atoms with Crippen molar-refractivity contribution < 1.29 is 9.47 Å². The van der Waals surface area contributed by atoms with E-state index >= 15 is 0 Å². The van der Waals surface area contributed by atoms with Gasteiger partial charge in [0.2, 0.25) is 5.88 Å². The number of methoxy groups -OCH3 is 1. The van der Waals surface area contributed by atoms with Crippen LogP contribution in [0.4, 0.5) is 0 Å². The molecule has 0 aliphatic carbocycles. The smallest absolute Gasteiger partial charge is 0.319 e. The van der Waals surface area contributed by atoms with Gasteiger partial charge >= 0.3 is 6.01 Å². The summed E-state index contributed by atoms with van der Waals surface area (Å²) >= 11 is 3.30. The molecule has 1 saturated heterocycles. The third-order valence-electron chi connectivity index (χ3n) is 2.79. The first-order valence-electron chi connectivity index (χ1n) is 5.69. The van der Waals surface area contributed by atoms with E-state index in [-0.39, 0.29) is 0 Å². The molecule has 5 nitrogen and oxygen atoms in total. The van der Waals surface area contributed by atoms with Crippen molar-refractivity contribution in [3.8, 4) is 11.9 Å². The molecule has 6 heteroatoms. The van der Waals surface area contributed by atoms with Gasteiger partial charge in [-0.3, -0.25) is 0 Å². The van der Waals surface area contributed by atoms with Gasteiger partial charge in [-0.05, 0) is 47.8 Å². The third-order valence-corrected chi connectivity index (χ3v) is 3.33. The molecule has 1 fully saturated rings. The summed E-state index contributed by atoms with van der Waals surface area (Å²) in [6.45, 7) is 2.81. The largest absolute Gasteiger partial charge is 0.480 e. The molecular formula is C11H16BrN3O2. The third kappa shape index (κ3) is 3.54. The molecule has 0 amide bonds. The van der Waals surface area contributed by atoms with Gasteiger partial charge in [-0.25, -0.2) is 4.98 Å². The maximum atomic E-state index is 5.59. The van der Waals surface area contributed by atoms with Crippen LogP contribution in [0.15, 0.2) is 10.7 Å². The van der Waals surface area contributed by atoms with E-state index in [0.717, 1.165) is 30.4 Å². The monoisotopic (exact) mass is 301 g/mol. The van der Waals surface area contributed by atoms with Crippen molar-refractivity contribution in [1.29, 1.82) is 0 Å². The predicted octanol–water partition coefficient (Wildman–Crippen LogP) is 1.63. The minimum absolute atomic E-state index is 0.378. The molecule has 1 aromatic heterocycles. The average molecular weight is 302 g/mol. The van der Waals surface area contributed by atoms with Crippen LogP contribution in [-0.2, 0) is 0 Å². The number of aromatic nitrogens is 2. The van der Waals surface area contributed by atoms with Crippen molar-refractivity contribution in [2.45, 2.75) is 12.8 Å². The Morgan fingerprint density at radius 3 is 2.94 bits per heavy atom. The molecule has 0 aromatic carbocycles. The molecule has 1 aliphatic rings. The van der Waals surface area contributed by atoms with Crippen LogP contribution in [0.2, 0.25) is 0 Å². The molecule has 94 valence electrons. The van der Waals surface area contributed by atoms with Crippen LogP contribution in [0.25, 0.3) is 0 Å². The van der Waals surface area contributed by atoms with Crippen LogP contribution in [0.5, 0.6) is 11.9 Å². The summed E-state index contributed by atoms with van der Waals surface area (Å²) in [5.41, 5.74) is 0. The number of nitrogens with one attached hydrogen (secondary N) is 1. The van der Waals surface area contributed by atoms with Gasteiger partial charge in [-0.2, -0.15) is 4.98 Å². The summed E-state index contributed by atoms with van der Waals surface area (Å²) in [7, 11) is 1.57. The van der Waals surface area contributed by atoms with E-state index in [1.807, 2.05) is 0 Å². The van der Waals surface area contributed by atoms with Gasteiger partial charge in [-0.1, -0.05) is 0 Å². The van der Waals surface area contributed by atoms with Crippen LogP contribution in [0.1, 0.15) is 12.8 Å². The summed E-state index contributed by atoms with van der Waals surface area (Å²) in [6, 6.07) is 0.378. The summed E-state index contributed by atoms with van der Waals surface area (Å²) in [5.74, 6) is 1.09. The van der Waals surface area contributed by atoms with Crippen molar-refractivity contribution in [2.75, 3.05) is 26.8 Å². The minimum atomic E-state index is 0.378. The molecule has 1 aliphatic heterocycles. The van der Waals surface area contributed by atoms with Gasteiger partial charge in [0.05, 0.1) is 24.4 Å². The lowest BCUT2D eigenvalue weighted by Crippen LogP contribution is -2.30. The number of piperidine rings is 1. The van der Waals surface area contributed by atoms with Gasteiger partial charge < -0.3 is 14.8 Å². The van der Waals surface area contributed by atoms with E-state index in [2.05, 4.69) is 31.2 Å². The fourth-order valence-corrected chi connectivity index (χ4v) is 2.14. The maximum Gasteiger partial charge on any atom is 0.319 e. The Bertz CT molecular complexity index is 370. The predicted molar refractivity (Wildman–Crippen MR) is 67.4 cm³/mol. The van der Waals surface area contributed by atoms with Gasteiger partial charge in [-0.15, -0.1) is 0 Å². The molecule has 0 radical (unpaired) electrons. The first-order chi connectivity index (χ1) is 8.29. The molecule has 0 unspecified atom stereocenters. The fourth-order valence-electron chi connectivity index (χ4n) is 1.79. The summed E-state index contributed by atoms with van der Waals surface area (Å²) < 4.78 is 11.4. The first kappa shape index (κ1) is 12.6. The SMILES string of the molecule is COc1nc(OCC2CCNCC2)ncc1Br. The number of hydrogen-bond donors (Lipinski definition) is 1. The van der Waals surface area contributed by atoms with Crippen LogP contribution < -0.4 is 14.8 Å². The van der Waals surface area contributed by atoms with E-state index in [9.17, 15) is 0 Å². The molecular weight excluding hydrogens is 286 g/mol. The quantitative estimate of drug-likeness (QED) is 0.916. The normalized spacial score (nSPS) is 16.8. The van der Waals surface area contributed by atoms with Gasteiger partial charge in [0.25, 0.3) is 0 Å². The second kappa shape index (κ2) is 6.16. The van der Waals surface area contributed by atoms with E-state index < -0.39 is 0 Å². The average Bonchev–Trinajstić information content (AvgIpc) is 2.39. The Labute approximate surface area is 109 Å². The maximum absolute atomic E-state index is 5.59. The Hall–Kier alpha value is -0.880. The number of rotatable bonds is 4. The first-order valence-corrected chi connectivity index (χ1v) is 6.49. The highest BCUT2D eigenvalue weighted by Crippen LogP contribution is 2.23. The number of hydrogen-bond acceptors (Lipinski definition) is 5. The zero-order chi connectivity index (χ0) is 12.1. The van der Waals surface area contributed by atoms with Crippen LogP contribution in [0, 0.1) is 5.92 Å².